The molecule has 2 unspecified atom stereocenters. The van der Waals surface area contributed by atoms with Crippen LogP contribution in [0.3, 0.4) is 0 Å². The van der Waals surface area contributed by atoms with Gasteiger partial charge in [0.05, 0.1) is 11.8 Å². The van der Waals surface area contributed by atoms with Crippen LogP contribution in [0.4, 0.5) is 0 Å². The van der Waals surface area contributed by atoms with Crippen LogP contribution in [-0.2, 0) is 41.4 Å². The van der Waals surface area contributed by atoms with E-state index in [-0.39, 0.29) is 44.9 Å². The lowest BCUT2D eigenvalue weighted by Gasteiger charge is -2.33. The van der Waals surface area contributed by atoms with Gasteiger partial charge in [-0.25, -0.2) is 0 Å². The van der Waals surface area contributed by atoms with Gasteiger partial charge in [0.1, 0.15) is 24.7 Å². The monoisotopic (exact) mass is 864 g/mol. The number of hydrogen-bond donors (Lipinski definition) is 0. The first kappa shape index (κ1) is 48.5. The van der Waals surface area contributed by atoms with Gasteiger partial charge < -0.3 is 18.5 Å². The van der Waals surface area contributed by atoms with Crippen LogP contribution in [0.15, 0.2) is 146 Å². The molecule has 0 aromatic heterocycles. The van der Waals surface area contributed by atoms with Crippen molar-refractivity contribution in [2.24, 2.45) is 11.8 Å². The Labute approximate surface area is 362 Å². The maximum atomic E-state index is 14.0. The topological polar surface area (TPSA) is 105 Å². The number of rotatable bonds is 14. The molecule has 8 nitrogen and oxygen atoms in total. The zero-order valence-corrected chi connectivity index (χ0v) is 37.8. The van der Waals surface area contributed by atoms with E-state index in [1.54, 1.807) is 13.8 Å². The molecule has 4 atom stereocenters. The van der Waals surface area contributed by atoms with Gasteiger partial charge in [0.15, 0.2) is 0 Å². The summed E-state index contributed by atoms with van der Waals surface area (Å²) >= 11 is 0. The van der Waals surface area contributed by atoms with Gasteiger partial charge in [-0.1, -0.05) is 196 Å². The Bertz CT molecular complexity index is 2270. The molecule has 0 amide bonds. The van der Waals surface area contributed by atoms with E-state index in [1.165, 1.54) is 0 Å². The molecule has 0 aliphatic carbocycles. The van der Waals surface area contributed by atoms with Crippen LogP contribution in [0, 0.1) is 11.8 Å². The minimum Gasteiger partial charge on any atom is -0.461 e. The van der Waals surface area contributed by atoms with Gasteiger partial charge in [-0.2, -0.15) is 0 Å². The smallest absolute Gasteiger partial charge is 0.309 e. The Morgan fingerprint density at radius 3 is 1.13 bits per heavy atom. The summed E-state index contributed by atoms with van der Waals surface area (Å²) in [5, 5.41) is 2.60. The average Bonchev–Trinajstić information content (AvgIpc) is 3.22. The number of benzene rings is 6. The van der Waals surface area contributed by atoms with E-state index in [9.17, 15) is 18.7 Å². The highest BCUT2D eigenvalue weighted by molar-refractivity contribution is 7.61. The van der Waals surface area contributed by atoms with Crippen molar-refractivity contribution in [1.82, 2.24) is 0 Å². The first-order valence-corrected chi connectivity index (χ1v) is 24.0. The minimum absolute atomic E-state index is 0. The molecule has 0 spiro atoms. The summed E-state index contributed by atoms with van der Waals surface area (Å²) in [5.41, 5.74) is 1.84. The van der Waals surface area contributed by atoms with E-state index in [0.717, 1.165) is 32.7 Å². The van der Waals surface area contributed by atoms with E-state index in [0.29, 0.717) is 11.5 Å². The van der Waals surface area contributed by atoms with Crippen molar-refractivity contribution in [1.29, 1.82) is 0 Å². The number of carbonyl (C=O) groups excluding carboxylic acids is 2. The summed E-state index contributed by atoms with van der Waals surface area (Å²) < 4.78 is 51.3. The van der Waals surface area contributed by atoms with Crippen LogP contribution in [0.2, 0.25) is 0 Å². The van der Waals surface area contributed by atoms with Crippen molar-refractivity contribution in [3.05, 3.63) is 157 Å². The molecular formula is C51H62O8P2. The Morgan fingerprint density at radius 1 is 0.475 bits per heavy atom. The van der Waals surface area contributed by atoms with Crippen molar-refractivity contribution >= 4 is 48.2 Å². The fourth-order valence-electron chi connectivity index (χ4n) is 6.38. The molecule has 0 saturated heterocycles. The van der Waals surface area contributed by atoms with Gasteiger partial charge in [0.2, 0.25) is 0 Å². The molecule has 6 rings (SSSR count). The summed E-state index contributed by atoms with van der Waals surface area (Å²) in [5.74, 6) is -0.676. The third-order valence-electron chi connectivity index (χ3n) is 10.3. The van der Waals surface area contributed by atoms with Crippen molar-refractivity contribution in [3.8, 4) is 11.5 Å². The molecule has 10 heteroatoms. The molecule has 0 bridgehead atoms. The minimum atomic E-state index is -3.24. The maximum absolute atomic E-state index is 14.0. The van der Waals surface area contributed by atoms with Crippen molar-refractivity contribution in [2.75, 3.05) is 12.3 Å². The normalized spacial score (nSPS) is 14.4. The second kappa shape index (κ2) is 21.1. The van der Waals surface area contributed by atoms with Crippen molar-refractivity contribution in [3.63, 3.8) is 0 Å². The second-order valence-corrected chi connectivity index (χ2v) is 23.7. The number of ether oxygens (including phenoxy) is 2. The molecule has 61 heavy (non-hydrogen) atoms. The van der Waals surface area contributed by atoms with Crippen LogP contribution in [0.5, 0.6) is 11.5 Å². The average molecular weight is 865 g/mol. The Kier molecular flexibility index (Phi) is 16.8. The number of fused-ring (bicyclic) bond motifs is 2. The highest BCUT2D eigenvalue weighted by atomic mass is 31.2. The molecule has 6 aromatic carbocycles. The first-order valence-electron chi connectivity index (χ1n) is 20.3. The fraction of sp³-hybridized carbons (Fsp3) is 0.333. The summed E-state index contributed by atoms with van der Waals surface area (Å²) in [6, 6.07) is 46.2. The van der Waals surface area contributed by atoms with E-state index >= 15 is 0 Å². The van der Waals surface area contributed by atoms with Crippen LogP contribution in [0.1, 0.15) is 73.9 Å². The van der Waals surface area contributed by atoms with E-state index in [4.69, 9.17) is 18.5 Å². The number of carbonyl (C=O) groups is 2. The first-order chi connectivity index (χ1) is 28.4. The molecule has 0 N–H and O–H groups in total. The lowest BCUT2D eigenvalue weighted by atomic mass is 10.1. The SMILES string of the molecule is C.C[C@@H](CP(=O)(Oc1cccc2ccccc12)C(C)(C)C)C(=O)OCc1ccccc1.C[C@H](CP(=O)(Oc1cccc2ccccc12)C(C)(C)C)C(=O)OCc1ccccc1. The molecule has 6 aromatic rings. The Morgan fingerprint density at radius 2 is 0.787 bits per heavy atom. The third kappa shape index (κ3) is 12.9. The Hall–Kier alpha value is -5.16. The Balaban J connectivity index is 0.000000264. The van der Waals surface area contributed by atoms with Gasteiger partial charge >= 0.3 is 11.9 Å². The maximum Gasteiger partial charge on any atom is 0.309 e. The van der Waals surface area contributed by atoms with E-state index in [1.807, 2.05) is 187 Å². The zero-order valence-electron chi connectivity index (χ0n) is 36.0. The largest absolute Gasteiger partial charge is 0.461 e. The summed E-state index contributed by atoms with van der Waals surface area (Å²) in [4.78, 5) is 25.2. The standard InChI is InChI=1S/2C25H29O4P.CH4/c2*1-19(24(26)28-17-20-11-6-5-7-12-20)18-30(27,25(2,3)4)29-23-16-10-14-21-13-8-9-15-22(21)23;/h2*5-16,19H,17-18H2,1-4H3;1H4/t2*19-,30?;/m10./s1. The van der Waals surface area contributed by atoms with Gasteiger partial charge in [-0.05, 0) is 34.0 Å². The quantitative estimate of drug-likeness (QED) is 0.0787. The molecular weight excluding hydrogens is 803 g/mol. The highest BCUT2D eigenvalue weighted by Gasteiger charge is 2.43. The summed E-state index contributed by atoms with van der Waals surface area (Å²) in [6.45, 7) is 15.2. The number of esters is 2. The summed E-state index contributed by atoms with van der Waals surface area (Å²) in [7, 11) is -6.47. The molecule has 0 heterocycles. The van der Waals surface area contributed by atoms with Gasteiger partial charge in [0.25, 0.3) is 14.7 Å². The molecule has 0 aliphatic heterocycles. The van der Waals surface area contributed by atoms with E-state index in [2.05, 4.69) is 0 Å². The van der Waals surface area contributed by atoms with E-state index < -0.39 is 36.9 Å². The zero-order chi connectivity index (χ0) is 43.6. The molecule has 0 aliphatic rings. The number of hydrogen-bond acceptors (Lipinski definition) is 8. The van der Waals surface area contributed by atoms with Crippen LogP contribution in [0.25, 0.3) is 21.5 Å². The highest BCUT2D eigenvalue weighted by Crippen LogP contribution is 2.61. The van der Waals surface area contributed by atoms with Crippen molar-refractivity contribution < 1.29 is 37.2 Å². The van der Waals surface area contributed by atoms with Crippen molar-refractivity contribution in [2.45, 2.75) is 86.3 Å². The summed E-state index contributed by atoms with van der Waals surface area (Å²) in [6.07, 6.45) is 0.237. The lowest BCUT2D eigenvalue weighted by molar-refractivity contribution is -0.149. The van der Waals surface area contributed by atoms with Crippen LogP contribution < -0.4 is 9.05 Å². The van der Waals surface area contributed by atoms with Crippen LogP contribution in [-0.4, -0.2) is 34.6 Å². The molecule has 0 saturated carbocycles. The lowest BCUT2D eigenvalue weighted by Crippen LogP contribution is -2.27. The van der Waals surface area contributed by atoms with Crippen LogP contribution >= 0.6 is 14.7 Å². The molecule has 0 radical (unpaired) electrons. The van der Waals surface area contributed by atoms with Gasteiger partial charge in [-0.15, -0.1) is 0 Å². The predicted molar refractivity (Wildman–Crippen MR) is 251 cm³/mol. The predicted octanol–water partition coefficient (Wildman–Crippen LogP) is 14.0. The molecule has 0 fully saturated rings. The molecule has 324 valence electrons. The van der Waals surface area contributed by atoms with Gasteiger partial charge in [-0.3, -0.25) is 18.7 Å². The van der Waals surface area contributed by atoms with Gasteiger partial charge in [0, 0.05) is 33.4 Å². The fourth-order valence-corrected chi connectivity index (χ4v) is 10.9. The second-order valence-electron chi connectivity index (χ2n) is 17.2. The third-order valence-corrected chi connectivity index (χ3v) is 17.4.